The van der Waals surface area contributed by atoms with Gasteiger partial charge in [0.2, 0.25) is 0 Å². The predicted octanol–water partition coefficient (Wildman–Crippen LogP) is 3.34. The summed E-state index contributed by atoms with van der Waals surface area (Å²) < 4.78 is 0.507. The molecule has 1 N–H and O–H groups in total. The smallest absolute Gasteiger partial charge is 0.265 e. The van der Waals surface area contributed by atoms with Crippen LogP contribution >= 0.6 is 27.5 Å². The Labute approximate surface area is 118 Å². The molecule has 1 aromatic carbocycles. The van der Waals surface area contributed by atoms with Gasteiger partial charge in [0.1, 0.15) is 10.3 Å². The largest absolute Gasteiger partial charge is 0.309 e. The van der Waals surface area contributed by atoms with Crippen LogP contribution in [0.3, 0.4) is 0 Å². The molecule has 0 atom stereocenters. The molecule has 0 aliphatic rings. The molecule has 0 saturated heterocycles. The van der Waals surface area contributed by atoms with Gasteiger partial charge in [0.25, 0.3) is 5.56 Å². The Morgan fingerprint density at radius 3 is 2.78 bits per heavy atom. The molecule has 0 fully saturated rings. The van der Waals surface area contributed by atoms with Gasteiger partial charge in [-0.2, -0.15) is 0 Å². The molecule has 0 unspecified atom stereocenters. The van der Waals surface area contributed by atoms with E-state index in [0.717, 1.165) is 11.3 Å². The molecule has 0 amide bonds. The number of aryl methyl sites for hydroxylation is 1. The number of halogens is 2. The van der Waals surface area contributed by atoms with Gasteiger partial charge in [0.05, 0.1) is 5.69 Å². The summed E-state index contributed by atoms with van der Waals surface area (Å²) in [5, 5.41) is 0.682. The van der Waals surface area contributed by atoms with Crippen LogP contribution in [-0.4, -0.2) is 9.97 Å². The summed E-state index contributed by atoms with van der Waals surface area (Å²) in [7, 11) is 0. The van der Waals surface area contributed by atoms with Gasteiger partial charge < -0.3 is 4.98 Å². The molecule has 0 aliphatic carbocycles. The van der Waals surface area contributed by atoms with E-state index in [1.165, 1.54) is 0 Å². The molecule has 18 heavy (non-hydrogen) atoms. The average Bonchev–Trinajstić information content (AvgIpc) is 2.36. The summed E-state index contributed by atoms with van der Waals surface area (Å²) in [4.78, 5) is 18.9. The Kier molecular flexibility index (Phi) is 4.19. The highest BCUT2D eigenvalue weighted by molar-refractivity contribution is 9.10. The Hall–Kier alpha value is -1.13. The number of aromatic amines is 1. The second-order valence-corrected chi connectivity index (χ2v) is 5.10. The van der Waals surface area contributed by atoms with E-state index >= 15 is 0 Å². The summed E-state index contributed by atoms with van der Waals surface area (Å²) in [6.45, 7) is 1.96. The van der Waals surface area contributed by atoms with E-state index in [2.05, 4.69) is 25.9 Å². The molecule has 5 heteroatoms. The van der Waals surface area contributed by atoms with Crippen molar-refractivity contribution in [3.8, 4) is 0 Å². The minimum atomic E-state index is -0.149. The molecular weight excluding hydrogens is 316 g/mol. The van der Waals surface area contributed by atoms with Crippen LogP contribution in [0.2, 0.25) is 5.02 Å². The molecule has 1 aromatic heterocycles. The fourth-order valence-electron chi connectivity index (χ4n) is 1.70. The van der Waals surface area contributed by atoms with Gasteiger partial charge in [-0.15, -0.1) is 0 Å². The molecule has 2 rings (SSSR count). The number of benzene rings is 1. The zero-order valence-electron chi connectivity index (χ0n) is 9.84. The zero-order valence-corrected chi connectivity index (χ0v) is 12.2. The number of H-pyrrole nitrogens is 1. The third-order valence-electron chi connectivity index (χ3n) is 2.63. The summed E-state index contributed by atoms with van der Waals surface area (Å²) in [5.41, 5.74) is 1.57. The van der Waals surface area contributed by atoms with E-state index in [9.17, 15) is 4.79 Å². The standard InChI is InChI=1S/C13H12BrClN2O/c1-2-10-12(14)13(18)17-11(16-10)7-8-5-3-4-6-9(8)15/h3-6H,2,7H2,1H3,(H,16,17,18). The van der Waals surface area contributed by atoms with E-state index < -0.39 is 0 Å². The van der Waals surface area contributed by atoms with Crippen molar-refractivity contribution in [3.05, 3.63) is 61.2 Å². The highest BCUT2D eigenvalue weighted by Gasteiger charge is 2.09. The molecule has 0 spiro atoms. The fourth-order valence-corrected chi connectivity index (χ4v) is 2.37. The second kappa shape index (κ2) is 5.67. The monoisotopic (exact) mass is 326 g/mol. The summed E-state index contributed by atoms with van der Waals surface area (Å²) in [5.74, 6) is 0.633. The van der Waals surface area contributed by atoms with Gasteiger partial charge in [-0.3, -0.25) is 4.79 Å². The first kappa shape index (κ1) is 13.3. The van der Waals surface area contributed by atoms with Gasteiger partial charge in [-0.25, -0.2) is 4.98 Å². The Balaban J connectivity index is 2.39. The van der Waals surface area contributed by atoms with Crippen molar-refractivity contribution in [1.29, 1.82) is 0 Å². The fraction of sp³-hybridized carbons (Fsp3) is 0.231. The van der Waals surface area contributed by atoms with Crippen molar-refractivity contribution in [2.24, 2.45) is 0 Å². The van der Waals surface area contributed by atoms with E-state index in [-0.39, 0.29) is 5.56 Å². The molecule has 0 saturated carbocycles. The number of nitrogens with zero attached hydrogens (tertiary/aromatic N) is 1. The van der Waals surface area contributed by atoms with E-state index in [1.807, 2.05) is 31.2 Å². The van der Waals surface area contributed by atoms with Gasteiger partial charge >= 0.3 is 0 Å². The third-order valence-corrected chi connectivity index (χ3v) is 3.82. The molecule has 3 nitrogen and oxygen atoms in total. The lowest BCUT2D eigenvalue weighted by atomic mass is 10.1. The van der Waals surface area contributed by atoms with Gasteiger partial charge in [-0.05, 0) is 34.0 Å². The maximum Gasteiger partial charge on any atom is 0.265 e. The van der Waals surface area contributed by atoms with Crippen LogP contribution in [0.1, 0.15) is 24.0 Å². The van der Waals surface area contributed by atoms with Crippen LogP contribution in [0.15, 0.2) is 33.5 Å². The lowest BCUT2D eigenvalue weighted by Gasteiger charge is -2.06. The first-order chi connectivity index (χ1) is 8.61. The first-order valence-electron chi connectivity index (χ1n) is 5.62. The zero-order chi connectivity index (χ0) is 13.1. The minimum absolute atomic E-state index is 0.149. The van der Waals surface area contributed by atoms with Crippen LogP contribution in [0, 0.1) is 0 Å². The predicted molar refractivity (Wildman–Crippen MR) is 76.2 cm³/mol. The van der Waals surface area contributed by atoms with Gasteiger partial charge in [0.15, 0.2) is 0 Å². The van der Waals surface area contributed by atoms with E-state index in [0.29, 0.717) is 28.2 Å². The minimum Gasteiger partial charge on any atom is -0.309 e. The highest BCUT2D eigenvalue weighted by atomic mass is 79.9. The number of hydrogen-bond acceptors (Lipinski definition) is 2. The van der Waals surface area contributed by atoms with Crippen LogP contribution in [0.5, 0.6) is 0 Å². The lowest BCUT2D eigenvalue weighted by Crippen LogP contribution is -2.15. The first-order valence-corrected chi connectivity index (χ1v) is 6.80. The topological polar surface area (TPSA) is 45.8 Å². The van der Waals surface area contributed by atoms with Crippen LogP contribution in [0.25, 0.3) is 0 Å². The number of hydrogen-bond donors (Lipinski definition) is 1. The molecule has 0 aliphatic heterocycles. The Morgan fingerprint density at radius 1 is 1.39 bits per heavy atom. The van der Waals surface area contributed by atoms with E-state index in [1.54, 1.807) is 0 Å². The summed E-state index contributed by atoms with van der Waals surface area (Å²) >= 11 is 9.33. The maximum absolute atomic E-state index is 11.7. The highest BCUT2D eigenvalue weighted by Crippen LogP contribution is 2.18. The number of aromatic nitrogens is 2. The Morgan fingerprint density at radius 2 is 2.11 bits per heavy atom. The van der Waals surface area contributed by atoms with Crippen molar-refractivity contribution in [1.82, 2.24) is 9.97 Å². The maximum atomic E-state index is 11.7. The van der Waals surface area contributed by atoms with Crippen LogP contribution in [-0.2, 0) is 12.8 Å². The van der Waals surface area contributed by atoms with Crippen LogP contribution < -0.4 is 5.56 Å². The summed E-state index contributed by atoms with van der Waals surface area (Å²) in [6.07, 6.45) is 1.23. The normalized spacial score (nSPS) is 10.6. The lowest BCUT2D eigenvalue weighted by molar-refractivity contribution is 0.877. The van der Waals surface area contributed by atoms with Crippen molar-refractivity contribution in [2.45, 2.75) is 19.8 Å². The molecule has 2 aromatic rings. The second-order valence-electron chi connectivity index (χ2n) is 3.90. The third kappa shape index (κ3) is 2.82. The molecule has 94 valence electrons. The number of nitrogens with one attached hydrogen (secondary N) is 1. The SMILES string of the molecule is CCc1nc(Cc2ccccc2Cl)[nH]c(=O)c1Br. The summed E-state index contributed by atoms with van der Waals surface area (Å²) in [6, 6.07) is 7.55. The van der Waals surface area contributed by atoms with Crippen molar-refractivity contribution >= 4 is 27.5 Å². The van der Waals surface area contributed by atoms with Gasteiger partial charge in [0, 0.05) is 11.4 Å². The van der Waals surface area contributed by atoms with E-state index in [4.69, 9.17) is 11.6 Å². The molecular formula is C13H12BrClN2O. The van der Waals surface area contributed by atoms with Crippen molar-refractivity contribution < 1.29 is 0 Å². The average molecular weight is 328 g/mol. The quantitative estimate of drug-likeness (QED) is 0.940. The molecule has 0 bridgehead atoms. The van der Waals surface area contributed by atoms with Gasteiger partial charge in [-0.1, -0.05) is 36.7 Å². The number of rotatable bonds is 3. The molecule has 1 heterocycles. The molecule has 0 radical (unpaired) electrons. The van der Waals surface area contributed by atoms with Crippen molar-refractivity contribution in [2.75, 3.05) is 0 Å². The van der Waals surface area contributed by atoms with Crippen LogP contribution in [0.4, 0.5) is 0 Å². The Bertz CT molecular complexity index is 625. The van der Waals surface area contributed by atoms with Crippen molar-refractivity contribution in [3.63, 3.8) is 0 Å².